The van der Waals surface area contributed by atoms with E-state index in [-0.39, 0.29) is 18.6 Å². The Bertz CT molecular complexity index is 931. The zero-order valence-corrected chi connectivity index (χ0v) is 18.4. The molecule has 32 heavy (non-hydrogen) atoms. The minimum absolute atomic E-state index is 0.0841. The van der Waals surface area contributed by atoms with Gasteiger partial charge in [0.15, 0.2) is 11.5 Å². The number of aromatic nitrogens is 2. The SMILES string of the molecule is CCCN(CCC(=O)N1CCN(Cc2ccc3c(c2)OCO3)CC1)C(=O)c1cnccn1. The van der Waals surface area contributed by atoms with Crippen molar-refractivity contribution in [2.75, 3.05) is 46.1 Å². The lowest BCUT2D eigenvalue weighted by Crippen LogP contribution is -2.49. The van der Waals surface area contributed by atoms with Crippen LogP contribution in [0.1, 0.15) is 35.8 Å². The van der Waals surface area contributed by atoms with Crippen LogP contribution in [0.4, 0.5) is 0 Å². The minimum atomic E-state index is -0.179. The number of hydrogen-bond acceptors (Lipinski definition) is 7. The van der Waals surface area contributed by atoms with Crippen LogP contribution in [0.5, 0.6) is 11.5 Å². The first-order valence-corrected chi connectivity index (χ1v) is 11.1. The van der Waals surface area contributed by atoms with E-state index in [1.807, 2.05) is 24.0 Å². The largest absolute Gasteiger partial charge is 0.454 e. The van der Waals surface area contributed by atoms with Crippen molar-refractivity contribution in [3.8, 4) is 11.5 Å². The standard InChI is InChI=1S/C23H29N5O4/c1-2-8-28(23(30)19-15-24-6-7-25-19)9-5-22(29)27-12-10-26(11-13-27)16-18-3-4-20-21(14-18)32-17-31-20/h3-4,6-7,14-15H,2,5,8-13,16-17H2,1H3. The van der Waals surface area contributed by atoms with Gasteiger partial charge in [-0.1, -0.05) is 13.0 Å². The molecular weight excluding hydrogens is 410 g/mol. The van der Waals surface area contributed by atoms with Gasteiger partial charge in [-0.3, -0.25) is 19.5 Å². The van der Waals surface area contributed by atoms with Crippen molar-refractivity contribution in [1.29, 1.82) is 0 Å². The highest BCUT2D eigenvalue weighted by Crippen LogP contribution is 2.32. The van der Waals surface area contributed by atoms with Crippen LogP contribution in [0.2, 0.25) is 0 Å². The molecule has 2 aromatic rings. The van der Waals surface area contributed by atoms with Crippen molar-refractivity contribution in [3.63, 3.8) is 0 Å². The summed E-state index contributed by atoms with van der Waals surface area (Å²) in [5.41, 5.74) is 1.48. The number of rotatable bonds is 8. The first-order valence-electron chi connectivity index (χ1n) is 11.1. The quantitative estimate of drug-likeness (QED) is 0.620. The third-order valence-corrected chi connectivity index (χ3v) is 5.73. The van der Waals surface area contributed by atoms with Crippen molar-refractivity contribution in [1.82, 2.24) is 24.7 Å². The van der Waals surface area contributed by atoms with Crippen LogP contribution >= 0.6 is 0 Å². The number of fused-ring (bicyclic) bond motifs is 1. The molecule has 1 fully saturated rings. The van der Waals surface area contributed by atoms with Crippen molar-refractivity contribution >= 4 is 11.8 Å². The fourth-order valence-electron chi connectivity index (χ4n) is 4.00. The van der Waals surface area contributed by atoms with Gasteiger partial charge in [0.1, 0.15) is 5.69 Å². The fraction of sp³-hybridized carbons (Fsp3) is 0.478. The first kappa shape index (κ1) is 22.0. The summed E-state index contributed by atoms with van der Waals surface area (Å²) in [5, 5.41) is 0. The molecule has 1 aromatic carbocycles. The zero-order chi connectivity index (χ0) is 22.3. The molecule has 0 saturated carbocycles. The van der Waals surface area contributed by atoms with E-state index in [1.54, 1.807) is 4.90 Å². The molecule has 0 aliphatic carbocycles. The summed E-state index contributed by atoms with van der Waals surface area (Å²) in [7, 11) is 0. The maximum Gasteiger partial charge on any atom is 0.274 e. The molecule has 0 unspecified atom stereocenters. The number of benzene rings is 1. The van der Waals surface area contributed by atoms with Crippen LogP contribution in [0.3, 0.4) is 0 Å². The topological polar surface area (TPSA) is 88.1 Å². The van der Waals surface area contributed by atoms with E-state index in [0.29, 0.717) is 38.3 Å². The van der Waals surface area contributed by atoms with Gasteiger partial charge in [0.25, 0.3) is 5.91 Å². The summed E-state index contributed by atoms with van der Waals surface area (Å²) in [4.78, 5) is 39.4. The molecule has 0 atom stereocenters. The average Bonchev–Trinajstić information content (AvgIpc) is 3.30. The predicted molar refractivity (Wildman–Crippen MR) is 117 cm³/mol. The van der Waals surface area contributed by atoms with Gasteiger partial charge in [0.2, 0.25) is 12.7 Å². The van der Waals surface area contributed by atoms with Crippen LogP contribution in [0.15, 0.2) is 36.8 Å². The molecule has 3 heterocycles. The Hall–Kier alpha value is -3.20. The van der Waals surface area contributed by atoms with E-state index in [0.717, 1.165) is 37.6 Å². The molecule has 170 valence electrons. The minimum Gasteiger partial charge on any atom is -0.454 e. The first-order chi connectivity index (χ1) is 15.6. The highest BCUT2D eigenvalue weighted by atomic mass is 16.7. The average molecular weight is 440 g/mol. The number of piperazine rings is 1. The van der Waals surface area contributed by atoms with Crippen LogP contribution in [-0.4, -0.2) is 82.5 Å². The molecule has 0 bridgehead atoms. The second-order valence-electron chi connectivity index (χ2n) is 7.98. The Morgan fingerprint density at radius 3 is 2.62 bits per heavy atom. The van der Waals surface area contributed by atoms with Crippen molar-refractivity contribution in [2.24, 2.45) is 0 Å². The van der Waals surface area contributed by atoms with Crippen molar-refractivity contribution in [3.05, 3.63) is 48.0 Å². The van der Waals surface area contributed by atoms with E-state index >= 15 is 0 Å². The van der Waals surface area contributed by atoms with Gasteiger partial charge in [0.05, 0.1) is 6.20 Å². The molecule has 2 aliphatic heterocycles. The smallest absolute Gasteiger partial charge is 0.274 e. The van der Waals surface area contributed by atoms with Gasteiger partial charge >= 0.3 is 0 Å². The summed E-state index contributed by atoms with van der Waals surface area (Å²) in [6.07, 6.45) is 5.64. The molecule has 0 N–H and O–H groups in total. The Labute approximate surface area is 187 Å². The Kier molecular flexibility index (Phi) is 7.16. The van der Waals surface area contributed by atoms with Gasteiger partial charge < -0.3 is 19.3 Å². The number of nitrogens with zero attached hydrogens (tertiary/aromatic N) is 5. The van der Waals surface area contributed by atoms with Crippen molar-refractivity contribution < 1.29 is 19.1 Å². The summed E-state index contributed by atoms with van der Waals surface area (Å²) >= 11 is 0. The van der Waals surface area contributed by atoms with Gasteiger partial charge in [0, 0.05) is 64.6 Å². The number of amides is 2. The lowest BCUT2D eigenvalue weighted by molar-refractivity contribution is -0.133. The van der Waals surface area contributed by atoms with E-state index in [2.05, 4.69) is 20.9 Å². The second kappa shape index (κ2) is 10.4. The molecule has 0 spiro atoms. The fourth-order valence-corrected chi connectivity index (χ4v) is 4.00. The molecule has 1 saturated heterocycles. The van der Waals surface area contributed by atoms with E-state index in [9.17, 15) is 9.59 Å². The number of ether oxygens (including phenoxy) is 2. The number of hydrogen-bond donors (Lipinski definition) is 0. The summed E-state index contributed by atoms with van der Waals surface area (Å²) in [5.74, 6) is 1.49. The monoisotopic (exact) mass is 439 g/mol. The highest BCUT2D eigenvalue weighted by Gasteiger charge is 2.24. The highest BCUT2D eigenvalue weighted by molar-refractivity contribution is 5.92. The second-order valence-corrected chi connectivity index (χ2v) is 7.98. The van der Waals surface area contributed by atoms with Crippen LogP contribution in [-0.2, 0) is 11.3 Å². The van der Waals surface area contributed by atoms with Crippen LogP contribution in [0.25, 0.3) is 0 Å². The van der Waals surface area contributed by atoms with Crippen LogP contribution in [0, 0.1) is 0 Å². The summed E-state index contributed by atoms with van der Waals surface area (Å²) in [6.45, 7) is 7.10. The van der Waals surface area contributed by atoms with Crippen LogP contribution < -0.4 is 9.47 Å². The third-order valence-electron chi connectivity index (χ3n) is 5.73. The Morgan fingerprint density at radius 1 is 1.06 bits per heavy atom. The van der Waals surface area contributed by atoms with Gasteiger partial charge in [-0.15, -0.1) is 0 Å². The van der Waals surface area contributed by atoms with Crippen molar-refractivity contribution in [2.45, 2.75) is 26.3 Å². The molecule has 2 aliphatic rings. The normalized spacial score (nSPS) is 15.6. The molecule has 2 amide bonds. The molecule has 0 radical (unpaired) electrons. The zero-order valence-electron chi connectivity index (χ0n) is 18.4. The molecule has 9 heteroatoms. The van der Waals surface area contributed by atoms with Gasteiger partial charge in [-0.05, 0) is 24.1 Å². The number of carbonyl (C=O) groups is 2. The summed E-state index contributed by atoms with van der Waals surface area (Å²) in [6, 6.07) is 6.03. The Balaban J connectivity index is 1.24. The lowest BCUT2D eigenvalue weighted by Gasteiger charge is -2.35. The number of carbonyl (C=O) groups excluding carboxylic acids is 2. The summed E-state index contributed by atoms with van der Waals surface area (Å²) < 4.78 is 10.8. The van der Waals surface area contributed by atoms with E-state index in [4.69, 9.17) is 9.47 Å². The van der Waals surface area contributed by atoms with Gasteiger partial charge in [-0.25, -0.2) is 4.98 Å². The van der Waals surface area contributed by atoms with E-state index < -0.39 is 0 Å². The Morgan fingerprint density at radius 2 is 1.88 bits per heavy atom. The maximum atomic E-state index is 12.8. The van der Waals surface area contributed by atoms with E-state index in [1.165, 1.54) is 24.2 Å². The maximum absolute atomic E-state index is 12.8. The molecule has 9 nitrogen and oxygen atoms in total. The van der Waals surface area contributed by atoms with Gasteiger partial charge in [-0.2, -0.15) is 0 Å². The predicted octanol–water partition coefficient (Wildman–Crippen LogP) is 1.79. The molecule has 4 rings (SSSR count). The third kappa shape index (κ3) is 5.34. The molecular formula is C23H29N5O4. The molecule has 1 aromatic heterocycles. The lowest BCUT2D eigenvalue weighted by atomic mass is 10.1.